The largest absolute Gasteiger partial charge is 0.493 e. The van der Waals surface area contributed by atoms with Crippen molar-refractivity contribution in [1.82, 2.24) is 0 Å². The summed E-state index contributed by atoms with van der Waals surface area (Å²) in [7, 11) is 1.45. The number of halogens is 1. The molecule has 0 aromatic heterocycles. The molecule has 1 N–H and O–H groups in total. The minimum absolute atomic E-state index is 0.0193. The summed E-state index contributed by atoms with van der Waals surface area (Å²) in [6, 6.07) is 18.4. The standard InChI is InChI=1S/C25H20ClN3O5/c1-16-7-9-17(10-8-16)15-34-24-20(26)12-18(13-23(24)33-2)11-19(14-27)25(30)28-21-5-3-4-6-22(21)29(31)32/h3-13H,15H2,1-2H3,(H,28,30). The van der Waals surface area contributed by atoms with Crippen LogP contribution in [0.3, 0.4) is 0 Å². The Balaban J connectivity index is 1.84. The highest BCUT2D eigenvalue weighted by atomic mass is 35.5. The highest BCUT2D eigenvalue weighted by Gasteiger charge is 2.18. The average molecular weight is 478 g/mol. The summed E-state index contributed by atoms with van der Waals surface area (Å²) in [5.74, 6) is -0.154. The summed E-state index contributed by atoms with van der Waals surface area (Å²) in [6.07, 6.45) is 1.31. The summed E-state index contributed by atoms with van der Waals surface area (Å²) >= 11 is 6.40. The molecule has 3 aromatic carbocycles. The topological polar surface area (TPSA) is 114 Å². The van der Waals surface area contributed by atoms with Gasteiger partial charge in [0.15, 0.2) is 11.5 Å². The molecule has 9 heteroatoms. The third-order valence-corrected chi connectivity index (χ3v) is 5.06. The van der Waals surface area contributed by atoms with E-state index in [1.165, 1.54) is 37.5 Å². The van der Waals surface area contributed by atoms with Gasteiger partial charge in [-0.3, -0.25) is 14.9 Å². The van der Waals surface area contributed by atoms with Crippen molar-refractivity contribution in [3.63, 3.8) is 0 Å². The molecule has 0 bridgehead atoms. The maximum Gasteiger partial charge on any atom is 0.292 e. The summed E-state index contributed by atoms with van der Waals surface area (Å²) in [4.78, 5) is 23.1. The number of para-hydroxylation sites is 2. The van der Waals surface area contributed by atoms with E-state index in [0.717, 1.165) is 11.1 Å². The first-order valence-electron chi connectivity index (χ1n) is 10.0. The lowest BCUT2D eigenvalue weighted by molar-refractivity contribution is -0.383. The Kier molecular flexibility index (Phi) is 7.85. The number of amides is 1. The van der Waals surface area contributed by atoms with Crippen LogP contribution in [0.25, 0.3) is 6.08 Å². The molecular formula is C25H20ClN3O5. The van der Waals surface area contributed by atoms with Crippen molar-refractivity contribution < 1.29 is 19.2 Å². The Hall–Kier alpha value is -4.35. The van der Waals surface area contributed by atoms with Crippen LogP contribution >= 0.6 is 11.6 Å². The van der Waals surface area contributed by atoms with E-state index < -0.39 is 10.8 Å². The summed E-state index contributed by atoms with van der Waals surface area (Å²) in [5.41, 5.74) is 1.92. The molecule has 0 aliphatic rings. The molecule has 0 radical (unpaired) electrons. The molecule has 3 rings (SSSR count). The molecule has 0 unspecified atom stereocenters. The van der Waals surface area contributed by atoms with Gasteiger partial charge in [-0.2, -0.15) is 5.26 Å². The molecule has 8 nitrogen and oxygen atoms in total. The molecule has 1 amide bonds. The van der Waals surface area contributed by atoms with Crippen LogP contribution in [-0.2, 0) is 11.4 Å². The predicted octanol–water partition coefficient (Wildman–Crippen LogP) is 5.69. The molecule has 0 saturated heterocycles. The number of anilines is 1. The average Bonchev–Trinajstić information content (AvgIpc) is 2.82. The van der Waals surface area contributed by atoms with Crippen LogP contribution in [0.2, 0.25) is 5.02 Å². The van der Waals surface area contributed by atoms with E-state index >= 15 is 0 Å². The van der Waals surface area contributed by atoms with Crippen molar-refractivity contribution in [2.75, 3.05) is 12.4 Å². The molecule has 0 aliphatic carbocycles. The molecule has 172 valence electrons. The van der Waals surface area contributed by atoms with Crippen molar-refractivity contribution in [2.24, 2.45) is 0 Å². The Morgan fingerprint density at radius 2 is 1.91 bits per heavy atom. The number of nitro groups is 1. The summed E-state index contributed by atoms with van der Waals surface area (Å²) in [6.45, 7) is 2.26. The molecule has 0 atom stereocenters. The highest BCUT2D eigenvalue weighted by Crippen LogP contribution is 2.37. The van der Waals surface area contributed by atoms with Crippen LogP contribution in [0.5, 0.6) is 11.5 Å². The Morgan fingerprint density at radius 1 is 1.21 bits per heavy atom. The van der Waals surface area contributed by atoms with E-state index in [1.807, 2.05) is 31.2 Å². The third kappa shape index (κ3) is 5.91. The molecule has 0 saturated carbocycles. The van der Waals surface area contributed by atoms with Gasteiger partial charge in [0.05, 0.1) is 17.1 Å². The molecule has 0 fully saturated rings. The summed E-state index contributed by atoms with van der Waals surface area (Å²) < 4.78 is 11.2. The quantitative estimate of drug-likeness (QED) is 0.193. The number of nitriles is 1. The van der Waals surface area contributed by atoms with Crippen molar-refractivity contribution in [1.29, 1.82) is 5.26 Å². The SMILES string of the molecule is COc1cc(C=C(C#N)C(=O)Nc2ccccc2[N+](=O)[O-])cc(Cl)c1OCc1ccc(C)cc1. The summed E-state index contributed by atoms with van der Waals surface area (Å²) in [5, 5.41) is 23.3. The smallest absolute Gasteiger partial charge is 0.292 e. The van der Waals surface area contributed by atoms with E-state index in [-0.39, 0.29) is 28.6 Å². The van der Waals surface area contributed by atoms with Gasteiger partial charge in [-0.25, -0.2) is 0 Å². The van der Waals surface area contributed by atoms with Crippen LogP contribution in [0.1, 0.15) is 16.7 Å². The number of hydrogen-bond donors (Lipinski definition) is 1. The van der Waals surface area contributed by atoms with Gasteiger partial charge in [0, 0.05) is 6.07 Å². The van der Waals surface area contributed by atoms with E-state index in [1.54, 1.807) is 18.2 Å². The number of carbonyl (C=O) groups excluding carboxylic acids is 1. The molecule has 0 heterocycles. The first kappa shape index (κ1) is 24.3. The van der Waals surface area contributed by atoms with Crippen LogP contribution in [0.4, 0.5) is 11.4 Å². The van der Waals surface area contributed by atoms with Gasteiger partial charge in [-0.1, -0.05) is 53.6 Å². The number of nitrogens with zero attached hydrogens (tertiary/aromatic N) is 2. The van der Waals surface area contributed by atoms with Crippen molar-refractivity contribution >= 4 is 35.0 Å². The van der Waals surface area contributed by atoms with Crippen LogP contribution in [-0.4, -0.2) is 17.9 Å². The maximum absolute atomic E-state index is 12.6. The number of benzene rings is 3. The van der Waals surface area contributed by atoms with E-state index in [2.05, 4.69) is 5.32 Å². The number of rotatable bonds is 8. The molecule has 0 aliphatic heterocycles. The van der Waals surface area contributed by atoms with E-state index in [9.17, 15) is 20.2 Å². The second-order valence-electron chi connectivity index (χ2n) is 7.21. The normalized spacial score (nSPS) is 10.8. The van der Waals surface area contributed by atoms with Gasteiger partial charge in [0.25, 0.3) is 11.6 Å². The first-order valence-corrected chi connectivity index (χ1v) is 10.4. The zero-order chi connectivity index (χ0) is 24.7. The van der Waals surface area contributed by atoms with Gasteiger partial charge >= 0.3 is 0 Å². The fraction of sp³-hybridized carbons (Fsp3) is 0.120. The monoisotopic (exact) mass is 477 g/mol. The van der Waals surface area contributed by atoms with Gasteiger partial charge < -0.3 is 14.8 Å². The Bertz CT molecular complexity index is 1300. The van der Waals surface area contributed by atoms with Crippen molar-refractivity contribution in [3.8, 4) is 17.6 Å². The van der Waals surface area contributed by atoms with E-state index in [0.29, 0.717) is 17.1 Å². The minimum atomic E-state index is -0.799. The predicted molar refractivity (Wildman–Crippen MR) is 129 cm³/mol. The fourth-order valence-electron chi connectivity index (χ4n) is 3.05. The molecular weight excluding hydrogens is 458 g/mol. The number of nitrogens with one attached hydrogen (secondary N) is 1. The van der Waals surface area contributed by atoms with Gasteiger partial charge in [0.2, 0.25) is 0 Å². The van der Waals surface area contributed by atoms with Gasteiger partial charge in [-0.15, -0.1) is 0 Å². The lowest BCUT2D eigenvalue weighted by Gasteiger charge is -2.14. The third-order valence-electron chi connectivity index (χ3n) is 4.78. The number of ether oxygens (including phenoxy) is 2. The Morgan fingerprint density at radius 3 is 2.56 bits per heavy atom. The molecule has 34 heavy (non-hydrogen) atoms. The fourth-order valence-corrected chi connectivity index (χ4v) is 3.32. The number of hydrogen-bond acceptors (Lipinski definition) is 6. The van der Waals surface area contributed by atoms with Gasteiger partial charge in [-0.05, 0) is 42.3 Å². The first-order chi connectivity index (χ1) is 16.3. The number of carbonyl (C=O) groups is 1. The highest BCUT2D eigenvalue weighted by molar-refractivity contribution is 6.32. The van der Waals surface area contributed by atoms with Gasteiger partial charge in [0.1, 0.15) is 23.9 Å². The van der Waals surface area contributed by atoms with Crippen molar-refractivity contribution in [3.05, 3.63) is 98.1 Å². The van der Waals surface area contributed by atoms with Crippen molar-refractivity contribution in [2.45, 2.75) is 13.5 Å². The second-order valence-corrected chi connectivity index (χ2v) is 7.61. The maximum atomic E-state index is 12.6. The zero-order valence-electron chi connectivity index (χ0n) is 18.4. The lowest BCUT2D eigenvalue weighted by Crippen LogP contribution is -2.14. The molecule has 3 aromatic rings. The lowest BCUT2D eigenvalue weighted by atomic mass is 10.1. The molecule has 0 spiro atoms. The number of aryl methyl sites for hydroxylation is 1. The zero-order valence-corrected chi connectivity index (χ0v) is 19.1. The number of methoxy groups -OCH3 is 1. The van der Waals surface area contributed by atoms with Crippen LogP contribution in [0, 0.1) is 28.4 Å². The second kappa shape index (κ2) is 11.0. The number of nitro benzene ring substituents is 1. The van der Waals surface area contributed by atoms with Crippen LogP contribution in [0.15, 0.2) is 66.2 Å². The minimum Gasteiger partial charge on any atom is -0.493 e. The van der Waals surface area contributed by atoms with E-state index in [4.69, 9.17) is 21.1 Å². The Labute approximate surface area is 201 Å². The van der Waals surface area contributed by atoms with Crippen LogP contribution < -0.4 is 14.8 Å².